The average Bonchev–Trinajstić information content (AvgIpc) is 2.97. The normalized spacial score (nSPS) is 18.1. The Balaban J connectivity index is 1.68. The monoisotopic (exact) mass is 390 g/mol. The van der Waals surface area contributed by atoms with Crippen LogP contribution in [0, 0.1) is 0 Å². The minimum Gasteiger partial charge on any atom is -0.478 e. The van der Waals surface area contributed by atoms with Crippen molar-refractivity contribution in [2.45, 2.75) is 12.5 Å². The summed E-state index contributed by atoms with van der Waals surface area (Å²) < 4.78 is 0. The van der Waals surface area contributed by atoms with E-state index in [1.807, 2.05) is 24.3 Å². The zero-order valence-corrected chi connectivity index (χ0v) is 15.4. The third-order valence-electron chi connectivity index (χ3n) is 5.30. The van der Waals surface area contributed by atoms with Gasteiger partial charge in [-0.2, -0.15) is 0 Å². The van der Waals surface area contributed by atoms with Gasteiger partial charge < -0.3 is 10.0 Å². The average molecular weight is 390 g/mol. The first kappa shape index (κ1) is 18.6. The lowest BCUT2D eigenvalue weighted by molar-refractivity contribution is -0.133. The molecule has 0 spiro atoms. The standard InChI is InChI=1S/C22H18N2O5/c25-19(9-10-20(26)27)23-12-11-14-5-1-2-6-15(14)18(23)13-24-21(28)16-7-3-4-8-17(16)22(24)29/h1-10,18H,11-13H2,(H,26,27)/b10-9-. The molecule has 7 nitrogen and oxygen atoms in total. The molecule has 0 fully saturated rings. The van der Waals surface area contributed by atoms with E-state index in [-0.39, 0.29) is 18.4 Å². The van der Waals surface area contributed by atoms with Gasteiger partial charge in [0.15, 0.2) is 0 Å². The maximum Gasteiger partial charge on any atom is 0.328 e. The molecule has 0 bridgehead atoms. The Labute approximate surface area is 166 Å². The number of carboxylic acids is 1. The van der Waals surface area contributed by atoms with Crippen molar-refractivity contribution in [1.82, 2.24) is 9.80 Å². The van der Waals surface area contributed by atoms with Crippen molar-refractivity contribution in [2.75, 3.05) is 13.1 Å². The molecule has 0 saturated carbocycles. The summed E-state index contributed by atoms with van der Waals surface area (Å²) in [5.41, 5.74) is 2.60. The number of rotatable bonds is 4. The molecule has 4 rings (SSSR count). The van der Waals surface area contributed by atoms with Gasteiger partial charge in [0.05, 0.1) is 23.7 Å². The van der Waals surface area contributed by atoms with Crippen molar-refractivity contribution in [3.8, 4) is 0 Å². The van der Waals surface area contributed by atoms with E-state index in [1.54, 1.807) is 24.3 Å². The Hall–Kier alpha value is -3.74. The van der Waals surface area contributed by atoms with Crippen LogP contribution in [0.5, 0.6) is 0 Å². The summed E-state index contributed by atoms with van der Waals surface area (Å²) >= 11 is 0. The highest BCUT2D eigenvalue weighted by molar-refractivity contribution is 6.21. The first-order chi connectivity index (χ1) is 14.0. The smallest absolute Gasteiger partial charge is 0.328 e. The summed E-state index contributed by atoms with van der Waals surface area (Å²) in [6.07, 6.45) is 2.41. The second kappa shape index (κ2) is 7.35. The maximum atomic E-state index is 12.8. The molecular weight excluding hydrogens is 372 g/mol. The highest BCUT2D eigenvalue weighted by atomic mass is 16.4. The topological polar surface area (TPSA) is 95.0 Å². The number of imide groups is 1. The molecule has 2 heterocycles. The lowest BCUT2D eigenvalue weighted by atomic mass is 9.92. The van der Waals surface area contributed by atoms with Gasteiger partial charge in [0.2, 0.25) is 5.91 Å². The van der Waals surface area contributed by atoms with Crippen LogP contribution in [-0.2, 0) is 16.0 Å². The minimum atomic E-state index is -1.22. The van der Waals surface area contributed by atoms with Crippen molar-refractivity contribution >= 4 is 23.7 Å². The van der Waals surface area contributed by atoms with Gasteiger partial charge in [-0.3, -0.25) is 19.3 Å². The molecule has 2 aromatic rings. The van der Waals surface area contributed by atoms with Crippen LogP contribution in [0.2, 0.25) is 0 Å². The summed E-state index contributed by atoms with van der Waals surface area (Å²) in [4.78, 5) is 51.7. The molecule has 2 aliphatic rings. The number of aliphatic carboxylic acids is 1. The summed E-state index contributed by atoms with van der Waals surface area (Å²) in [5, 5.41) is 8.83. The number of hydrogen-bond acceptors (Lipinski definition) is 4. The van der Waals surface area contributed by atoms with Gasteiger partial charge in [-0.05, 0) is 29.7 Å². The second-order valence-electron chi connectivity index (χ2n) is 6.93. The number of benzene rings is 2. The molecular formula is C22H18N2O5. The van der Waals surface area contributed by atoms with Crippen LogP contribution >= 0.6 is 0 Å². The first-order valence-electron chi connectivity index (χ1n) is 9.22. The third-order valence-corrected chi connectivity index (χ3v) is 5.30. The molecule has 1 N–H and O–H groups in total. The van der Waals surface area contributed by atoms with Crippen LogP contribution in [0.25, 0.3) is 0 Å². The Morgan fingerprint density at radius 1 is 0.966 bits per heavy atom. The Morgan fingerprint density at radius 3 is 2.24 bits per heavy atom. The van der Waals surface area contributed by atoms with E-state index in [1.165, 1.54) is 9.80 Å². The number of carboxylic acid groups (broad SMARTS) is 1. The molecule has 0 aromatic heterocycles. The predicted octanol–water partition coefficient (Wildman–Crippen LogP) is 2.05. The number of carbonyl (C=O) groups is 4. The molecule has 0 saturated heterocycles. The van der Waals surface area contributed by atoms with E-state index in [9.17, 15) is 19.2 Å². The van der Waals surface area contributed by atoms with E-state index < -0.39 is 17.9 Å². The summed E-state index contributed by atoms with van der Waals surface area (Å²) in [6, 6.07) is 13.7. The van der Waals surface area contributed by atoms with E-state index >= 15 is 0 Å². The number of amides is 3. The zero-order chi connectivity index (χ0) is 20.5. The molecule has 146 valence electrons. The molecule has 1 unspecified atom stereocenters. The highest BCUT2D eigenvalue weighted by Gasteiger charge is 2.39. The van der Waals surface area contributed by atoms with Crippen molar-refractivity contribution in [1.29, 1.82) is 0 Å². The lowest BCUT2D eigenvalue weighted by Crippen LogP contribution is -2.46. The largest absolute Gasteiger partial charge is 0.478 e. The molecule has 2 aromatic carbocycles. The van der Waals surface area contributed by atoms with Crippen LogP contribution < -0.4 is 0 Å². The van der Waals surface area contributed by atoms with Crippen LogP contribution in [0.3, 0.4) is 0 Å². The van der Waals surface area contributed by atoms with E-state index in [0.29, 0.717) is 24.1 Å². The first-order valence-corrected chi connectivity index (χ1v) is 9.22. The minimum absolute atomic E-state index is 0.00993. The second-order valence-corrected chi connectivity index (χ2v) is 6.93. The highest BCUT2D eigenvalue weighted by Crippen LogP contribution is 2.33. The van der Waals surface area contributed by atoms with E-state index in [4.69, 9.17) is 5.11 Å². The van der Waals surface area contributed by atoms with Gasteiger partial charge in [-0.15, -0.1) is 0 Å². The molecule has 0 radical (unpaired) electrons. The van der Waals surface area contributed by atoms with Gasteiger partial charge in [0, 0.05) is 18.7 Å². The number of fused-ring (bicyclic) bond motifs is 2. The SMILES string of the molecule is O=C(O)/C=C\C(=O)N1CCc2ccccc2C1CN1C(=O)c2ccccc2C1=O. The number of carbonyl (C=O) groups excluding carboxylic acids is 3. The summed E-state index contributed by atoms with van der Waals surface area (Å²) in [6.45, 7) is 0.379. The lowest BCUT2D eigenvalue weighted by Gasteiger charge is -2.38. The number of hydrogen-bond donors (Lipinski definition) is 1. The Bertz CT molecular complexity index is 1020. The van der Waals surface area contributed by atoms with Crippen molar-refractivity contribution < 1.29 is 24.3 Å². The fraction of sp³-hybridized carbons (Fsp3) is 0.182. The fourth-order valence-electron chi connectivity index (χ4n) is 3.93. The van der Waals surface area contributed by atoms with Gasteiger partial charge in [-0.1, -0.05) is 36.4 Å². The van der Waals surface area contributed by atoms with E-state index in [0.717, 1.165) is 23.3 Å². The molecule has 0 aliphatic carbocycles. The van der Waals surface area contributed by atoms with Crippen LogP contribution in [0.4, 0.5) is 0 Å². The Morgan fingerprint density at radius 2 is 1.59 bits per heavy atom. The van der Waals surface area contributed by atoms with Gasteiger partial charge in [0.1, 0.15) is 0 Å². The Kier molecular flexibility index (Phi) is 4.72. The predicted molar refractivity (Wildman–Crippen MR) is 103 cm³/mol. The molecule has 29 heavy (non-hydrogen) atoms. The molecule has 7 heteroatoms. The summed E-state index contributed by atoms with van der Waals surface area (Å²) in [5.74, 6) is -2.46. The van der Waals surface area contributed by atoms with Crippen molar-refractivity contribution in [2.24, 2.45) is 0 Å². The molecule has 2 aliphatic heterocycles. The van der Waals surface area contributed by atoms with Crippen molar-refractivity contribution in [3.63, 3.8) is 0 Å². The maximum absolute atomic E-state index is 12.8. The fourth-order valence-corrected chi connectivity index (χ4v) is 3.93. The van der Waals surface area contributed by atoms with Gasteiger partial charge >= 0.3 is 5.97 Å². The van der Waals surface area contributed by atoms with Gasteiger partial charge in [-0.25, -0.2) is 4.79 Å². The van der Waals surface area contributed by atoms with Gasteiger partial charge in [0.25, 0.3) is 11.8 Å². The van der Waals surface area contributed by atoms with Crippen molar-refractivity contribution in [3.05, 3.63) is 82.9 Å². The van der Waals surface area contributed by atoms with E-state index in [2.05, 4.69) is 0 Å². The summed E-state index contributed by atoms with van der Waals surface area (Å²) in [7, 11) is 0. The molecule has 3 amide bonds. The van der Waals surface area contributed by atoms with Crippen LogP contribution in [-0.4, -0.2) is 51.7 Å². The van der Waals surface area contributed by atoms with Crippen LogP contribution in [0.1, 0.15) is 37.9 Å². The molecule has 1 atom stereocenters. The third kappa shape index (κ3) is 3.31. The number of nitrogens with zero attached hydrogens (tertiary/aromatic N) is 2. The quantitative estimate of drug-likeness (QED) is 0.637. The zero-order valence-electron chi connectivity index (χ0n) is 15.4. The van der Waals surface area contributed by atoms with Crippen LogP contribution in [0.15, 0.2) is 60.7 Å².